The summed E-state index contributed by atoms with van der Waals surface area (Å²) in [6.45, 7) is 0.946. The van der Waals surface area contributed by atoms with Gasteiger partial charge in [-0.3, -0.25) is 0 Å². The molecule has 0 aromatic carbocycles. The number of aliphatic hydroxyl groups excluding tert-OH is 1. The fraction of sp³-hybridized carbons (Fsp3) is 0.667. The van der Waals surface area contributed by atoms with Crippen LogP contribution in [0.25, 0.3) is 0 Å². The van der Waals surface area contributed by atoms with Crippen molar-refractivity contribution in [1.82, 2.24) is 10.2 Å². The number of hydrogen-bond donors (Lipinski definition) is 1. The second kappa shape index (κ2) is 6.63. The smallest absolute Gasteiger partial charge is 0.238 e. The molecule has 1 aliphatic rings. The van der Waals surface area contributed by atoms with E-state index >= 15 is 0 Å². The first-order valence-corrected chi connectivity index (χ1v) is 6.07. The van der Waals surface area contributed by atoms with Gasteiger partial charge in [-0.05, 0) is 25.3 Å². The van der Waals surface area contributed by atoms with E-state index in [-0.39, 0.29) is 12.9 Å². The molecule has 1 atom stereocenters. The quantitative estimate of drug-likeness (QED) is 0.845. The molecule has 0 spiro atoms. The van der Waals surface area contributed by atoms with E-state index in [1.165, 1.54) is 7.11 Å². The lowest BCUT2D eigenvalue weighted by atomic mass is 10.2. The van der Waals surface area contributed by atoms with Gasteiger partial charge in [0.15, 0.2) is 6.29 Å². The van der Waals surface area contributed by atoms with Crippen molar-refractivity contribution in [1.29, 1.82) is 0 Å². The predicted molar refractivity (Wildman–Crippen MR) is 62.9 cm³/mol. The summed E-state index contributed by atoms with van der Waals surface area (Å²) in [5.74, 6) is 0.343. The van der Waals surface area contributed by atoms with E-state index in [1.807, 2.05) is 0 Å². The number of ether oxygens (including phenoxy) is 3. The van der Waals surface area contributed by atoms with Gasteiger partial charge in [-0.2, -0.15) is 0 Å². The van der Waals surface area contributed by atoms with Crippen molar-refractivity contribution >= 4 is 0 Å². The zero-order valence-corrected chi connectivity index (χ0v) is 10.5. The van der Waals surface area contributed by atoms with Gasteiger partial charge in [-0.15, -0.1) is 10.2 Å². The molecule has 0 amide bonds. The van der Waals surface area contributed by atoms with Crippen molar-refractivity contribution in [3.8, 4) is 5.88 Å². The maximum atomic E-state index is 9.18. The van der Waals surface area contributed by atoms with E-state index in [2.05, 4.69) is 10.2 Å². The van der Waals surface area contributed by atoms with Gasteiger partial charge in [0, 0.05) is 12.2 Å². The normalized spacial score (nSPS) is 19.8. The lowest BCUT2D eigenvalue weighted by Crippen LogP contribution is -2.22. The van der Waals surface area contributed by atoms with Gasteiger partial charge >= 0.3 is 0 Å². The summed E-state index contributed by atoms with van der Waals surface area (Å²) in [6.07, 6.45) is 2.98. The molecule has 6 nitrogen and oxygen atoms in total. The number of aromatic nitrogens is 2. The molecule has 100 valence electrons. The Morgan fingerprint density at radius 3 is 3.00 bits per heavy atom. The molecule has 2 rings (SSSR count). The summed E-state index contributed by atoms with van der Waals surface area (Å²) in [4.78, 5) is 0. The summed E-state index contributed by atoms with van der Waals surface area (Å²) in [5.41, 5.74) is 1.27. The highest BCUT2D eigenvalue weighted by Crippen LogP contribution is 2.17. The number of aliphatic hydroxyl groups is 1. The molecule has 6 heteroatoms. The van der Waals surface area contributed by atoms with E-state index in [1.54, 1.807) is 6.07 Å². The minimum atomic E-state index is -0.153. The Labute approximate surface area is 106 Å². The summed E-state index contributed by atoms with van der Waals surface area (Å²) in [6, 6.07) is 1.73. The second-order valence-electron chi connectivity index (χ2n) is 4.14. The molecule has 1 aromatic rings. The van der Waals surface area contributed by atoms with Crippen LogP contribution in [0.3, 0.4) is 0 Å². The zero-order valence-electron chi connectivity index (χ0n) is 10.5. The van der Waals surface area contributed by atoms with E-state index in [0.29, 0.717) is 23.7 Å². The third kappa shape index (κ3) is 3.38. The average Bonchev–Trinajstić information content (AvgIpc) is 2.45. The lowest BCUT2D eigenvalue weighted by Gasteiger charge is -2.22. The summed E-state index contributed by atoms with van der Waals surface area (Å²) in [7, 11) is 1.50. The van der Waals surface area contributed by atoms with Gasteiger partial charge in [0.1, 0.15) is 0 Å². The molecule has 0 bridgehead atoms. The van der Waals surface area contributed by atoms with Crippen LogP contribution in [0.2, 0.25) is 0 Å². The van der Waals surface area contributed by atoms with Crippen molar-refractivity contribution in [2.75, 3.05) is 13.7 Å². The predicted octanol–water partition coefficient (Wildman–Crippen LogP) is 1.02. The van der Waals surface area contributed by atoms with Crippen LogP contribution in [0.5, 0.6) is 5.88 Å². The van der Waals surface area contributed by atoms with Crippen molar-refractivity contribution in [3.05, 3.63) is 17.3 Å². The van der Waals surface area contributed by atoms with Gasteiger partial charge in [-0.1, -0.05) is 0 Å². The van der Waals surface area contributed by atoms with E-state index < -0.39 is 0 Å². The first kappa shape index (κ1) is 13.2. The van der Waals surface area contributed by atoms with Gasteiger partial charge in [0.25, 0.3) is 0 Å². The molecule has 2 heterocycles. The number of methoxy groups -OCH3 is 1. The van der Waals surface area contributed by atoms with Crippen LogP contribution >= 0.6 is 0 Å². The first-order valence-electron chi connectivity index (χ1n) is 6.07. The lowest BCUT2D eigenvalue weighted by molar-refractivity contribution is -0.169. The zero-order chi connectivity index (χ0) is 12.8. The topological polar surface area (TPSA) is 73.7 Å². The molecule has 1 fully saturated rings. The first-order chi connectivity index (χ1) is 8.83. The third-order valence-electron chi connectivity index (χ3n) is 2.80. The van der Waals surface area contributed by atoms with Crippen molar-refractivity contribution in [2.45, 2.75) is 38.8 Å². The molecule has 1 saturated heterocycles. The molecule has 0 unspecified atom stereocenters. The standard InChI is InChI=1S/C12H18N2O4/c1-16-12-9(7-15)6-10(13-14-12)8-18-11-4-2-3-5-17-11/h6,11,15H,2-5,7-8H2,1H3/t11-/m1/s1. The Kier molecular flexibility index (Phi) is 4.86. The van der Waals surface area contributed by atoms with Crippen LogP contribution in [0.1, 0.15) is 30.5 Å². The Morgan fingerprint density at radius 2 is 2.33 bits per heavy atom. The Hall–Kier alpha value is -1.24. The highest BCUT2D eigenvalue weighted by atomic mass is 16.7. The van der Waals surface area contributed by atoms with Crippen LogP contribution in [0, 0.1) is 0 Å². The molecule has 1 N–H and O–H groups in total. The van der Waals surface area contributed by atoms with Crippen molar-refractivity contribution in [3.63, 3.8) is 0 Å². The van der Waals surface area contributed by atoms with E-state index in [9.17, 15) is 5.11 Å². The number of hydrogen-bond acceptors (Lipinski definition) is 6. The van der Waals surface area contributed by atoms with E-state index in [4.69, 9.17) is 14.2 Å². The van der Waals surface area contributed by atoms with Gasteiger partial charge in [-0.25, -0.2) is 0 Å². The van der Waals surface area contributed by atoms with Crippen LogP contribution in [-0.4, -0.2) is 35.3 Å². The van der Waals surface area contributed by atoms with Gasteiger partial charge in [0.2, 0.25) is 5.88 Å². The maximum absolute atomic E-state index is 9.18. The van der Waals surface area contributed by atoms with Gasteiger partial charge in [0.05, 0.1) is 26.0 Å². The molecule has 1 aromatic heterocycles. The van der Waals surface area contributed by atoms with Gasteiger partial charge < -0.3 is 19.3 Å². The Morgan fingerprint density at radius 1 is 1.44 bits per heavy atom. The Balaban J connectivity index is 1.92. The largest absolute Gasteiger partial charge is 0.480 e. The highest BCUT2D eigenvalue weighted by Gasteiger charge is 2.15. The average molecular weight is 254 g/mol. The minimum absolute atomic E-state index is 0.133. The highest BCUT2D eigenvalue weighted by molar-refractivity contribution is 5.25. The monoisotopic (exact) mass is 254 g/mol. The minimum Gasteiger partial charge on any atom is -0.480 e. The molecule has 0 aliphatic carbocycles. The summed E-state index contributed by atoms with van der Waals surface area (Å²) in [5, 5.41) is 17.0. The molecule has 18 heavy (non-hydrogen) atoms. The second-order valence-corrected chi connectivity index (χ2v) is 4.14. The van der Waals surface area contributed by atoms with Crippen LogP contribution < -0.4 is 4.74 Å². The van der Waals surface area contributed by atoms with Crippen LogP contribution in [0.15, 0.2) is 6.07 Å². The van der Waals surface area contributed by atoms with Crippen molar-refractivity contribution < 1.29 is 19.3 Å². The SMILES string of the molecule is COc1nnc(CO[C@@H]2CCCCO2)cc1CO. The third-order valence-corrected chi connectivity index (χ3v) is 2.80. The van der Waals surface area contributed by atoms with Crippen LogP contribution in [-0.2, 0) is 22.7 Å². The summed E-state index contributed by atoms with van der Waals surface area (Å²) < 4.78 is 16.0. The fourth-order valence-corrected chi connectivity index (χ4v) is 1.84. The molecule has 1 aliphatic heterocycles. The maximum Gasteiger partial charge on any atom is 0.238 e. The van der Waals surface area contributed by atoms with Crippen LogP contribution in [0.4, 0.5) is 0 Å². The number of rotatable bonds is 5. The molecule has 0 saturated carbocycles. The molecular weight excluding hydrogens is 236 g/mol. The molecule has 0 radical (unpaired) electrons. The molecular formula is C12H18N2O4. The van der Waals surface area contributed by atoms with Crippen molar-refractivity contribution in [2.24, 2.45) is 0 Å². The summed E-state index contributed by atoms with van der Waals surface area (Å²) >= 11 is 0. The number of nitrogens with zero attached hydrogens (tertiary/aromatic N) is 2. The Bertz CT molecular complexity index is 380. The van der Waals surface area contributed by atoms with E-state index in [0.717, 1.165) is 25.9 Å². The fourth-order valence-electron chi connectivity index (χ4n) is 1.84.